The second-order valence-corrected chi connectivity index (χ2v) is 6.51. The van der Waals surface area contributed by atoms with E-state index in [2.05, 4.69) is 33.3 Å². The minimum absolute atomic E-state index is 0.0146. The first kappa shape index (κ1) is 12.2. The van der Waals surface area contributed by atoms with E-state index in [1.165, 1.54) is 25.7 Å². The molecule has 0 bridgehead atoms. The maximum Gasteiger partial charge on any atom is 0.283 e. The summed E-state index contributed by atoms with van der Waals surface area (Å²) < 4.78 is 2.20. The Kier molecular flexibility index (Phi) is 3.18. The van der Waals surface area contributed by atoms with E-state index in [0.717, 1.165) is 18.2 Å². The van der Waals surface area contributed by atoms with E-state index in [0.29, 0.717) is 16.4 Å². The van der Waals surface area contributed by atoms with Crippen molar-refractivity contribution >= 4 is 21.6 Å². The average Bonchev–Trinajstić information content (AvgIpc) is 3.10. The van der Waals surface area contributed by atoms with E-state index in [4.69, 9.17) is 0 Å². The molecule has 3 rings (SSSR count). The lowest BCUT2D eigenvalue weighted by atomic mass is 9.82. The van der Waals surface area contributed by atoms with Crippen molar-refractivity contribution in [1.82, 2.24) is 9.78 Å². The average molecular weight is 312 g/mol. The molecule has 1 aromatic heterocycles. The van der Waals surface area contributed by atoms with Gasteiger partial charge in [-0.25, -0.2) is 4.68 Å². The Morgan fingerprint density at radius 1 is 1.50 bits per heavy atom. The molecule has 2 aliphatic carbocycles. The van der Waals surface area contributed by atoms with Crippen LogP contribution in [0.4, 0.5) is 5.69 Å². The summed E-state index contributed by atoms with van der Waals surface area (Å²) in [5.74, 6) is 1.46. The van der Waals surface area contributed by atoms with Crippen molar-refractivity contribution in [1.29, 1.82) is 0 Å². The Morgan fingerprint density at radius 2 is 2.22 bits per heavy atom. The highest BCUT2D eigenvalue weighted by atomic mass is 79.9. The third-order valence-corrected chi connectivity index (χ3v) is 4.61. The van der Waals surface area contributed by atoms with E-state index in [1.807, 2.05) is 0 Å². The fourth-order valence-corrected chi connectivity index (χ4v) is 2.90. The third kappa shape index (κ3) is 2.46. The van der Waals surface area contributed by atoms with E-state index in [9.17, 15) is 4.79 Å². The molecule has 2 aliphatic rings. The van der Waals surface area contributed by atoms with Gasteiger partial charge in [0, 0.05) is 12.6 Å². The van der Waals surface area contributed by atoms with Crippen LogP contribution < -0.4 is 10.9 Å². The van der Waals surface area contributed by atoms with E-state index >= 15 is 0 Å². The molecule has 1 aromatic rings. The maximum atomic E-state index is 12.1. The number of hydrogen-bond donors (Lipinski definition) is 1. The predicted octanol–water partition coefficient (Wildman–Crippen LogP) is 2.63. The van der Waals surface area contributed by atoms with Gasteiger partial charge in [0.2, 0.25) is 0 Å². The van der Waals surface area contributed by atoms with Crippen molar-refractivity contribution in [2.24, 2.45) is 11.8 Å². The molecule has 4 nitrogen and oxygen atoms in total. The first-order chi connectivity index (χ1) is 8.63. The molecule has 0 aliphatic heterocycles. The van der Waals surface area contributed by atoms with Gasteiger partial charge in [-0.05, 0) is 53.4 Å². The lowest BCUT2D eigenvalue weighted by molar-refractivity contribution is 0.309. The monoisotopic (exact) mass is 311 g/mol. The number of nitrogens with one attached hydrogen (secondary N) is 1. The minimum Gasteiger partial charge on any atom is -0.380 e. The van der Waals surface area contributed by atoms with Crippen molar-refractivity contribution < 1.29 is 0 Å². The lowest BCUT2D eigenvalue weighted by Gasteiger charge is -2.34. The molecule has 0 spiro atoms. The van der Waals surface area contributed by atoms with Crippen molar-refractivity contribution in [3.05, 3.63) is 21.0 Å². The fourth-order valence-electron chi connectivity index (χ4n) is 2.48. The molecule has 0 saturated heterocycles. The van der Waals surface area contributed by atoms with Crippen molar-refractivity contribution in [2.45, 2.75) is 45.2 Å². The van der Waals surface area contributed by atoms with Gasteiger partial charge in [0.15, 0.2) is 0 Å². The second-order valence-electron chi connectivity index (χ2n) is 5.72. The van der Waals surface area contributed by atoms with Crippen molar-refractivity contribution in [3.8, 4) is 0 Å². The summed E-state index contributed by atoms with van der Waals surface area (Å²) in [6.07, 6.45) is 6.59. The first-order valence-corrected chi connectivity index (χ1v) is 7.45. The summed E-state index contributed by atoms with van der Waals surface area (Å²) in [6.45, 7) is 3.01. The summed E-state index contributed by atoms with van der Waals surface area (Å²) in [4.78, 5) is 12.1. The molecule has 2 saturated carbocycles. The molecule has 2 fully saturated rings. The highest BCUT2D eigenvalue weighted by Crippen LogP contribution is 2.32. The van der Waals surface area contributed by atoms with Gasteiger partial charge < -0.3 is 5.32 Å². The molecule has 0 amide bonds. The zero-order valence-corrected chi connectivity index (χ0v) is 12.1. The Balaban J connectivity index is 1.74. The Morgan fingerprint density at radius 3 is 2.83 bits per heavy atom. The van der Waals surface area contributed by atoms with Gasteiger partial charge in [0.25, 0.3) is 5.56 Å². The van der Waals surface area contributed by atoms with Crippen LogP contribution in [0.1, 0.15) is 32.6 Å². The molecule has 1 heterocycles. The number of anilines is 1. The summed E-state index contributed by atoms with van der Waals surface area (Å²) in [5, 5.41) is 7.65. The van der Waals surface area contributed by atoms with Gasteiger partial charge in [0.05, 0.1) is 11.9 Å². The van der Waals surface area contributed by atoms with Crippen LogP contribution in [0.25, 0.3) is 0 Å². The molecular formula is C13H18BrN3O. The normalized spacial score (nSPS) is 26.8. The van der Waals surface area contributed by atoms with Crippen LogP contribution >= 0.6 is 15.9 Å². The quantitative estimate of drug-likeness (QED) is 0.930. The SMILES string of the molecule is CC1CC(Nc2cnn(CC3CC3)c(=O)c2Br)C1. The third-order valence-electron chi connectivity index (χ3n) is 3.85. The second kappa shape index (κ2) is 4.68. The molecule has 98 valence electrons. The van der Waals surface area contributed by atoms with E-state index in [-0.39, 0.29) is 5.56 Å². The van der Waals surface area contributed by atoms with Gasteiger partial charge in [0.1, 0.15) is 4.47 Å². The molecule has 0 unspecified atom stereocenters. The van der Waals surface area contributed by atoms with Crippen molar-refractivity contribution in [2.75, 3.05) is 5.32 Å². The summed E-state index contributed by atoms with van der Waals surface area (Å²) in [7, 11) is 0. The van der Waals surface area contributed by atoms with Crippen LogP contribution in [-0.4, -0.2) is 15.8 Å². The van der Waals surface area contributed by atoms with Crippen LogP contribution in [0.3, 0.4) is 0 Å². The molecular weight excluding hydrogens is 294 g/mol. The topological polar surface area (TPSA) is 46.9 Å². The first-order valence-electron chi connectivity index (χ1n) is 6.65. The van der Waals surface area contributed by atoms with Crippen LogP contribution in [0, 0.1) is 11.8 Å². The van der Waals surface area contributed by atoms with Gasteiger partial charge in [-0.15, -0.1) is 0 Å². The van der Waals surface area contributed by atoms with Crippen LogP contribution in [0.15, 0.2) is 15.5 Å². The van der Waals surface area contributed by atoms with E-state index < -0.39 is 0 Å². The van der Waals surface area contributed by atoms with E-state index in [1.54, 1.807) is 10.9 Å². The summed E-state index contributed by atoms with van der Waals surface area (Å²) in [5.41, 5.74) is 0.822. The summed E-state index contributed by atoms with van der Waals surface area (Å²) in [6, 6.07) is 0.497. The smallest absolute Gasteiger partial charge is 0.283 e. The van der Waals surface area contributed by atoms with Crippen molar-refractivity contribution in [3.63, 3.8) is 0 Å². The standard InChI is InChI=1S/C13H18BrN3O/c1-8-4-10(5-8)16-11-6-15-17(7-9-2-3-9)13(18)12(11)14/h6,8-10,16H,2-5,7H2,1H3. The molecule has 0 aromatic carbocycles. The highest BCUT2D eigenvalue weighted by Gasteiger charge is 2.27. The lowest BCUT2D eigenvalue weighted by Crippen LogP contribution is -2.35. The molecule has 1 N–H and O–H groups in total. The van der Waals surface area contributed by atoms with Crippen LogP contribution in [0.2, 0.25) is 0 Å². The fraction of sp³-hybridized carbons (Fsp3) is 0.692. The molecule has 18 heavy (non-hydrogen) atoms. The molecule has 0 radical (unpaired) electrons. The van der Waals surface area contributed by atoms with Crippen LogP contribution in [0.5, 0.6) is 0 Å². The van der Waals surface area contributed by atoms with Gasteiger partial charge in [-0.3, -0.25) is 4.79 Å². The highest BCUT2D eigenvalue weighted by molar-refractivity contribution is 9.10. The Hall–Kier alpha value is -0.840. The zero-order valence-electron chi connectivity index (χ0n) is 10.5. The van der Waals surface area contributed by atoms with Gasteiger partial charge in [-0.2, -0.15) is 5.10 Å². The van der Waals surface area contributed by atoms with Gasteiger partial charge in [-0.1, -0.05) is 6.92 Å². The van der Waals surface area contributed by atoms with Crippen LogP contribution in [-0.2, 0) is 6.54 Å². The zero-order chi connectivity index (χ0) is 12.7. The molecule has 0 atom stereocenters. The number of hydrogen-bond acceptors (Lipinski definition) is 3. The largest absolute Gasteiger partial charge is 0.380 e. The predicted molar refractivity (Wildman–Crippen MR) is 74.7 cm³/mol. The van der Waals surface area contributed by atoms with Gasteiger partial charge >= 0.3 is 0 Å². The minimum atomic E-state index is -0.0146. The Bertz CT molecular complexity index is 503. The number of halogens is 1. The number of aromatic nitrogens is 2. The molecule has 5 heteroatoms. The summed E-state index contributed by atoms with van der Waals surface area (Å²) >= 11 is 3.40. The Labute approximate surface area is 115 Å². The number of nitrogens with zero attached hydrogens (tertiary/aromatic N) is 2. The maximum absolute atomic E-state index is 12.1. The number of rotatable bonds is 4.